The molecule has 7 heteroatoms. The van der Waals surface area contributed by atoms with Gasteiger partial charge < -0.3 is 15.0 Å². The number of nitrogens with one attached hydrogen (secondary N) is 1. The Morgan fingerprint density at radius 3 is 3.25 bits per heavy atom. The molecule has 1 aromatic rings. The molecule has 0 amide bonds. The predicted molar refractivity (Wildman–Crippen MR) is 74.6 cm³/mol. The second kappa shape index (κ2) is 6.55. The van der Waals surface area contributed by atoms with Gasteiger partial charge in [-0.15, -0.1) is 0 Å². The van der Waals surface area contributed by atoms with Gasteiger partial charge in [0.1, 0.15) is 23.0 Å². The van der Waals surface area contributed by atoms with Crippen LogP contribution >= 0.6 is 11.6 Å². The lowest BCUT2D eigenvalue weighted by molar-refractivity contribution is -0.144. The first-order valence-corrected chi connectivity index (χ1v) is 6.75. The fourth-order valence-corrected chi connectivity index (χ4v) is 2.39. The van der Waals surface area contributed by atoms with E-state index in [0.717, 1.165) is 0 Å². The molecule has 1 unspecified atom stereocenters. The van der Waals surface area contributed by atoms with E-state index in [-0.39, 0.29) is 11.0 Å². The topological polar surface area (TPSA) is 78.2 Å². The lowest BCUT2D eigenvalue weighted by Crippen LogP contribution is -2.56. The molecule has 0 saturated carbocycles. The maximum absolute atomic E-state index is 12.0. The SMILES string of the molecule is CCOC(=O)C1CNCCN1c1nccc(C#N)c1Cl. The maximum atomic E-state index is 12.0. The smallest absolute Gasteiger partial charge is 0.330 e. The van der Waals surface area contributed by atoms with Gasteiger partial charge in [-0.3, -0.25) is 0 Å². The third-order valence-corrected chi connectivity index (χ3v) is 3.44. The van der Waals surface area contributed by atoms with E-state index >= 15 is 0 Å². The van der Waals surface area contributed by atoms with E-state index in [2.05, 4.69) is 10.3 Å². The quantitative estimate of drug-likeness (QED) is 0.836. The number of ether oxygens (including phenoxy) is 1. The largest absolute Gasteiger partial charge is 0.464 e. The average Bonchev–Trinajstić information content (AvgIpc) is 2.48. The Labute approximate surface area is 122 Å². The van der Waals surface area contributed by atoms with Crippen molar-refractivity contribution in [3.05, 3.63) is 22.8 Å². The van der Waals surface area contributed by atoms with Crippen LogP contribution in [-0.4, -0.2) is 43.2 Å². The Balaban J connectivity index is 2.33. The number of rotatable bonds is 3. The van der Waals surface area contributed by atoms with Gasteiger partial charge in [0.05, 0.1) is 12.2 Å². The van der Waals surface area contributed by atoms with Gasteiger partial charge in [-0.1, -0.05) is 11.6 Å². The number of carbonyl (C=O) groups is 1. The van der Waals surface area contributed by atoms with Crippen molar-refractivity contribution in [2.45, 2.75) is 13.0 Å². The number of carbonyl (C=O) groups excluding carboxylic acids is 1. The number of hydrogen-bond donors (Lipinski definition) is 1. The molecule has 6 nitrogen and oxygen atoms in total. The van der Waals surface area contributed by atoms with Crippen molar-refractivity contribution in [3.8, 4) is 6.07 Å². The van der Waals surface area contributed by atoms with Crippen LogP contribution in [0.15, 0.2) is 12.3 Å². The minimum atomic E-state index is -0.484. The van der Waals surface area contributed by atoms with Crippen LogP contribution in [0.2, 0.25) is 5.02 Å². The molecule has 1 N–H and O–H groups in total. The van der Waals surface area contributed by atoms with E-state index in [1.165, 1.54) is 6.20 Å². The molecule has 1 aliphatic rings. The van der Waals surface area contributed by atoms with Gasteiger partial charge in [-0.05, 0) is 13.0 Å². The van der Waals surface area contributed by atoms with Gasteiger partial charge in [-0.2, -0.15) is 5.26 Å². The van der Waals surface area contributed by atoms with Crippen molar-refractivity contribution < 1.29 is 9.53 Å². The lowest BCUT2D eigenvalue weighted by atomic mass is 10.1. The van der Waals surface area contributed by atoms with E-state index in [1.807, 2.05) is 6.07 Å². The molecular formula is C13H15ClN4O2. The second-order valence-corrected chi connectivity index (χ2v) is 4.65. The highest BCUT2D eigenvalue weighted by molar-refractivity contribution is 6.34. The molecule has 1 fully saturated rings. The Kier molecular flexibility index (Phi) is 4.77. The van der Waals surface area contributed by atoms with Gasteiger partial charge >= 0.3 is 5.97 Å². The van der Waals surface area contributed by atoms with Crippen molar-refractivity contribution in [3.63, 3.8) is 0 Å². The predicted octanol–water partition coefficient (Wildman–Crippen LogP) is 0.948. The monoisotopic (exact) mass is 294 g/mol. The van der Waals surface area contributed by atoms with Gasteiger partial charge in [0, 0.05) is 25.8 Å². The molecule has 0 radical (unpaired) electrons. The van der Waals surface area contributed by atoms with Crippen LogP contribution in [-0.2, 0) is 9.53 Å². The lowest BCUT2D eigenvalue weighted by Gasteiger charge is -2.35. The van der Waals surface area contributed by atoms with Gasteiger partial charge in [-0.25, -0.2) is 9.78 Å². The van der Waals surface area contributed by atoms with Gasteiger partial charge in [0.15, 0.2) is 0 Å². The number of aromatic nitrogens is 1. The molecular weight excluding hydrogens is 280 g/mol. The molecule has 0 aromatic carbocycles. The molecule has 0 aliphatic carbocycles. The number of anilines is 1. The summed E-state index contributed by atoms with van der Waals surface area (Å²) in [5, 5.41) is 12.4. The highest BCUT2D eigenvalue weighted by atomic mass is 35.5. The van der Waals surface area contributed by atoms with Crippen LogP contribution in [0.5, 0.6) is 0 Å². The van der Waals surface area contributed by atoms with Crippen molar-refractivity contribution in [2.75, 3.05) is 31.1 Å². The summed E-state index contributed by atoms with van der Waals surface area (Å²) in [7, 11) is 0. The van der Waals surface area contributed by atoms with Crippen molar-refractivity contribution in [1.82, 2.24) is 10.3 Å². The Bertz CT molecular complexity index is 544. The first kappa shape index (κ1) is 14.6. The highest BCUT2D eigenvalue weighted by Crippen LogP contribution is 2.28. The first-order valence-electron chi connectivity index (χ1n) is 6.37. The molecule has 106 valence electrons. The standard InChI is InChI=1S/C13H15ClN4O2/c1-2-20-13(19)10-8-16-5-6-18(10)12-11(14)9(7-15)3-4-17-12/h3-4,10,16H,2,5-6,8H2,1H3. The Morgan fingerprint density at radius 1 is 1.75 bits per heavy atom. The van der Waals surface area contributed by atoms with Crippen LogP contribution in [0, 0.1) is 11.3 Å². The molecule has 20 heavy (non-hydrogen) atoms. The van der Waals surface area contributed by atoms with Crippen LogP contribution in [0.3, 0.4) is 0 Å². The number of pyridine rings is 1. The third-order valence-electron chi connectivity index (χ3n) is 3.07. The zero-order valence-corrected chi connectivity index (χ0v) is 11.9. The van der Waals surface area contributed by atoms with E-state index in [9.17, 15) is 4.79 Å². The number of nitrogens with zero attached hydrogens (tertiary/aromatic N) is 3. The van der Waals surface area contributed by atoms with E-state index in [4.69, 9.17) is 21.6 Å². The number of nitriles is 1. The summed E-state index contributed by atoms with van der Waals surface area (Å²) in [6.07, 6.45) is 1.52. The molecule has 0 bridgehead atoms. The zero-order chi connectivity index (χ0) is 14.5. The van der Waals surface area contributed by atoms with Gasteiger partial charge in [0.25, 0.3) is 0 Å². The summed E-state index contributed by atoms with van der Waals surface area (Å²) in [6.45, 7) is 3.84. The number of halogens is 1. The fourth-order valence-electron chi connectivity index (χ4n) is 2.13. The van der Waals surface area contributed by atoms with E-state index in [1.54, 1.807) is 17.9 Å². The fraction of sp³-hybridized carbons (Fsp3) is 0.462. The summed E-state index contributed by atoms with van der Waals surface area (Å²) in [5.74, 6) is 0.130. The number of piperazine rings is 1. The van der Waals surface area contributed by atoms with Crippen LogP contribution < -0.4 is 10.2 Å². The summed E-state index contributed by atoms with van der Waals surface area (Å²) >= 11 is 6.19. The number of hydrogen-bond acceptors (Lipinski definition) is 6. The zero-order valence-electron chi connectivity index (χ0n) is 11.1. The summed E-state index contributed by atoms with van der Waals surface area (Å²) in [4.78, 5) is 18.0. The summed E-state index contributed by atoms with van der Waals surface area (Å²) in [6, 6.07) is 3.08. The minimum absolute atomic E-state index is 0.270. The van der Waals surface area contributed by atoms with Crippen LogP contribution in [0.25, 0.3) is 0 Å². The average molecular weight is 295 g/mol. The normalized spacial score (nSPS) is 18.4. The Hall–Kier alpha value is -1.84. The molecule has 2 heterocycles. The molecule has 1 aromatic heterocycles. The number of esters is 1. The first-order chi connectivity index (χ1) is 9.69. The van der Waals surface area contributed by atoms with Crippen molar-refractivity contribution in [2.24, 2.45) is 0 Å². The summed E-state index contributed by atoms with van der Waals surface area (Å²) < 4.78 is 5.07. The molecule has 1 atom stereocenters. The van der Waals surface area contributed by atoms with Crippen LogP contribution in [0.1, 0.15) is 12.5 Å². The third kappa shape index (κ3) is 2.84. The van der Waals surface area contributed by atoms with Gasteiger partial charge in [0.2, 0.25) is 0 Å². The van der Waals surface area contributed by atoms with Crippen molar-refractivity contribution >= 4 is 23.4 Å². The molecule has 0 spiro atoms. The molecule has 1 saturated heterocycles. The Morgan fingerprint density at radius 2 is 2.55 bits per heavy atom. The van der Waals surface area contributed by atoms with Crippen molar-refractivity contribution in [1.29, 1.82) is 5.26 Å². The molecule has 2 rings (SSSR count). The molecule has 1 aliphatic heterocycles. The van der Waals surface area contributed by atoms with E-state index < -0.39 is 6.04 Å². The summed E-state index contributed by atoms with van der Waals surface area (Å²) in [5.41, 5.74) is 0.345. The maximum Gasteiger partial charge on any atom is 0.330 e. The minimum Gasteiger partial charge on any atom is -0.464 e. The van der Waals surface area contributed by atoms with E-state index in [0.29, 0.717) is 37.6 Å². The highest BCUT2D eigenvalue weighted by Gasteiger charge is 2.32. The second-order valence-electron chi connectivity index (χ2n) is 4.27. The van der Waals surface area contributed by atoms with Crippen LogP contribution in [0.4, 0.5) is 5.82 Å².